The number of nitrogen functional groups attached to an aromatic ring is 1. The van der Waals surface area contributed by atoms with Gasteiger partial charge in [0.1, 0.15) is 6.07 Å². The minimum Gasteiger partial charge on any atom is -0.399 e. The number of anilines is 2. The van der Waals surface area contributed by atoms with Gasteiger partial charge in [-0.3, -0.25) is 0 Å². The third-order valence-corrected chi connectivity index (χ3v) is 3.71. The van der Waals surface area contributed by atoms with Gasteiger partial charge in [0.05, 0.1) is 16.3 Å². The summed E-state index contributed by atoms with van der Waals surface area (Å²) < 4.78 is 0. The topological polar surface area (TPSA) is 53.0 Å². The molecular formula is C15H12ClN3. The molecule has 0 unspecified atom stereocenters. The molecule has 2 aromatic rings. The number of hydrogen-bond acceptors (Lipinski definition) is 3. The van der Waals surface area contributed by atoms with Gasteiger partial charge in [0.25, 0.3) is 0 Å². The predicted molar refractivity (Wildman–Crippen MR) is 76.9 cm³/mol. The first-order valence-corrected chi connectivity index (χ1v) is 6.37. The van der Waals surface area contributed by atoms with Gasteiger partial charge in [-0.2, -0.15) is 5.26 Å². The van der Waals surface area contributed by atoms with Crippen molar-refractivity contribution in [2.24, 2.45) is 0 Å². The number of hydrogen-bond donors (Lipinski definition) is 1. The smallest absolute Gasteiger partial charge is 0.103 e. The average Bonchev–Trinajstić information content (AvgIpc) is 2.81. The summed E-state index contributed by atoms with van der Waals surface area (Å²) in [6.45, 7) is 1.54. The number of halogens is 1. The van der Waals surface area contributed by atoms with Crippen LogP contribution in [-0.2, 0) is 13.1 Å². The first kappa shape index (κ1) is 11.9. The van der Waals surface area contributed by atoms with Crippen LogP contribution in [-0.4, -0.2) is 0 Å². The van der Waals surface area contributed by atoms with Crippen LogP contribution in [0.15, 0.2) is 36.4 Å². The lowest BCUT2D eigenvalue weighted by Gasteiger charge is -2.19. The molecule has 1 aliphatic heterocycles. The number of nitrogens with two attached hydrogens (primary N) is 1. The maximum absolute atomic E-state index is 9.24. The van der Waals surface area contributed by atoms with Crippen LogP contribution in [0.4, 0.5) is 11.4 Å². The summed E-state index contributed by atoms with van der Waals surface area (Å²) in [5.74, 6) is 0. The molecule has 0 aromatic heterocycles. The fourth-order valence-corrected chi connectivity index (χ4v) is 2.68. The average molecular weight is 270 g/mol. The minimum atomic E-state index is 0.496. The maximum atomic E-state index is 9.24. The van der Waals surface area contributed by atoms with Crippen LogP contribution >= 0.6 is 11.6 Å². The van der Waals surface area contributed by atoms with Crippen molar-refractivity contribution in [1.29, 1.82) is 5.26 Å². The highest BCUT2D eigenvalue weighted by atomic mass is 35.5. The van der Waals surface area contributed by atoms with Crippen molar-refractivity contribution >= 4 is 23.0 Å². The molecule has 4 heteroatoms. The van der Waals surface area contributed by atoms with Crippen molar-refractivity contribution < 1.29 is 0 Å². The lowest BCUT2D eigenvalue weighted by molar-refractivity contribution is 0.878. The van der Waals surface area contributed by atoms with Crippen molar-refractivity contribution in [3.8, 4) is 6.07 Å². The molecule has 0 saturated carbocycles. The van der Waals surface area contributed by atoms with Gasteiger partial charge >= 0.3 is 0 Å². The van der Waals surface area contributed by atoms with Gasteiger partial charge in [-0.25, -0.2) is 0 Å². The van der Waals surface area contributed by atoms with E-state index in [-0.39, 0.29) is 0 Å². The largest absolute Gasteiger partial charge is 0.399 e. The van der Waals surface area contributed by atoms with Gasteiger partial charge in [0.2, 0.25) is 0 Å². The Morgan fingerprint density at radius 1 is 1.16 bits per heavy atom. The van der Waals surface area contributed by atoms with Gasteiger partial charge in [-0.1, -0.05) is 23.7 Å². The fraction of sp³-hybridized carbons (Fsp3) is 0.133. The Labute approximate surface area is 116 Å². The van der Waals surface area contributed by atoms with Gasteiger partial charge in [-0.05, 0) is 35.4 Å². The summed E-state index contributed by atoms with van der Waals surface area (Å²) in [7, 11) is 0. The molecule has 19 heavy (non-hydrogen) atoms. The molecule has 2 aromatic carbocycles. The lowest BCUT2D eigenvalue weighted by atomic mass is 10.1. The summed E-state index contributed by atoms with van der Waals surface area (Å²) in [4.78, 5) is 2.15. The maximum Gasteiger partial charge on any atom is 0.103 e. The van der Waals surface area contributed by atoms with E-state index in [4.69, 9.17) is 17.3 Å². The van der Waals surface area contributed by atoms with E-state index in [0.29, 0.717) is 10.6 Å². The quantitative estimate of drug-likeness (QED) is 0.808. The molecular weight excluding hydrogens is 258 g/mol. The Morgan fingerprint density at radius 3 is 2.74 bits per heavy atom. The van der Waals surface area contributed by atoms with Gasteiger partial charge in [-0.15, -0.1) is 0 Å². The first-order chi connectivity index (χ1) is 9.19. The summed E-state index contributed by atoms with van der Waals surface area (Å²) in [5.41, 5.74) is 10.4. The highest BCUT2D eigenvalue weighted by molar-refractivity contribution is 6.32. The molecule has 0 amide bonds. The molecule has 1 aliphatic rings. The Morgan fingerprint density at radius 2 is 1.95 bits per heavy atom. The van der Waals surface area contributed by atoms with Crippen molar-refractivity contribution in [2.45, 2.75) is 13.1 Å². The number of benzene rings is 2. The predicted octanol–water partition coefficient (Wildman–Crippen LogP) is 3.31. The van der Waals surface area contributed by atoms with E-state index in [9.17, 15) is 5.26 Å². The Balaban J connectivity index is 2.00. The molecule has 0 radical (unpaired) electrons. The Bertz CT molecular complexity index is 688. The SMILES string of the molecule is N#Cc1c(Cl)cccc1N1Cc2ccc(N)cc2C1. The van der Waals surface area contributed by atoms with Crippen molar-refractivity contribution in [3.05, 3.63) is 58.1 Å². The molecule has 0 atom stereocenters. The van der Waals surface area contributed by atoms with E-state index in [0.717, 1.165) is 24.5 Å². The minimum absolute atomic E-state index is 0.496. The Kier molecular flexibility index (Phi) is 2.81. The number of nitriles is 1. The number of rotatable bonds is 1. The van der Waals surface area contributed by atoms with Crippen LogP contribution in [0.25, 0.3) is 0 Å². The molecule has 1 heterocycles. The van der Waals surface area contributed by atoms with Crippen LogP contribution in [0.5, 0.6) is 0 Å². The zero-order valence-corrected chi connectivity index (χ0v) is 11.0. The summed E-state index contributed by atoms with van der Waals surface area (Å²) in [5, 5.41) is 9.74. The van der Waals surface area contributed by atoms with Crippen LogP contribution in [0.2, 0.25) is 5.02 Å². The van der Waals surface area contributed by atoms with Gasteiger partial charge in [0.15, 0.2) is 0 Å². The molecule has 0 fully saturated rings. The van der Waals surface area contributed by atoms with E-state index in [1.54, 1.807) is 6.07 Å². The van der Waals surface area contributed by atoms with Crippen molar-refractivity contribution in [1.82, 2.24) is 0 Å². The standard InChI is InChI=1S/C15H12ClN3/c16-14-2-1-3-15(13(14)7-17)19-8-10-4-5-12(18)6-11(10)9-19/h1-6H,8-9,18H2. The number of nitrogens with zero attached hydrogens (tertiary/aromatic N) is 2. The summed E-state index contributed by atoms with van der Waals surface area (Å²) in [6.07, 6.45) is 0. The monoisotopic (exact) mass is 269 g/mol. The van der Waals surface area contributed by atoms with Crippen LogP contribution in [0.1, 0.15) is 16.7 Å². The second kappa shape index (κ2) is 4.49. The summed E-state index contributed by atoms with van der Waals surface area (Å²) >= 11 is 6.08. The zero-order chi connectivity index (χ0) is 13.4. The molecule has 0 spiro atoms. The summed E-state index contributed by atoms with van der Waals surface area (Å²) in [6, 6.07) is 13.7. The third-order valence-electron chi connectivity index (χ3n) is 3.40. The first-order valence-electron chi connectivity index (χ1n) is 6.00. The van der Waals surface area contributed by atoms with Gasteiger partial charge < -0.3 is 10.6 Å². The van der Waals surface area contributed by atoms with E-state index in [1.807, 2.05) is 30.3 Å². The van der Waals surface area contributed by atoms with Crippen LogP contribution < -0.4 is 10.6 Å². The second-order valence-corrected chi connectivity index (χ2v) is 5.04. The lowest BCUT2D eigenvalue weighted by Crippen LogP contribution is -2.15. The van der Waals surface area contributed by atoms with Crippen molar-refractivity contribution in [2.75, 3.05) is 10.6 Å². The molecule has 2 N–H and O–H groups in total. The highest BCUT2D eigenvalue weighted by Crippen LogP contribution is 2.33. The number of fused-ring (bicyclic) bond motifs is 1. The van der Waals surface area contributed by atoms with E-state index >= 15 is 0 Å². The fourth-order valence-electron chi connectivity index (χ4n) is 2.47. The van der Waals surface area contributed by atoms with Crippen molar-refractivity contribution in [3.63, 3.8) is 0 Å². The molecule has 94 valence electrons. The molecule has 0 saturated heterocycles. The molecule has 0 bridgehead atoms. The second-order valence-electron chi connectivity index (χ2n) is 4.63. The third kappa shape index (κ3) is 2.00. The Hall–Kier alpha value is -2.18. The van der Waals surface area contributed by atoms with E-state index in [1.165, 1.54) is 11.1 Å². The normalized spacial score (nSPS) is 13.2. The van der Waals surface area contributed by atoms with E-state index in [2.05, 4.69) is 11.0 Å². The van der Waals surface area contributed by atoms with E-state index < -0.39 is 0 Å². The molecule has 3 rings (SSSR count). The van der Waals surface area contributed by atoms with Gasteiger partial charge in [0, 0.05) is 18.8 Å². The van der Waals surface area contributed by atoms with Crippen LogP contribution in [0, 0.1) is 11.3 Å². The molecule has 3 nitrogen and oxygen atoms in total. The highest BCUT2D eigenvalue weighted by Gasteiger charge is 2.22. The zero-order valence-electron chi connectivity index (χ0n) is 10.2. The van der Waals surface area contributed by atoms with Crippen LogP contribution in [0.3, 0.4) is 0 Å². The molecule has 0 aliphatic carbocycles.